The van der Waals surface area contributed by atoms with Crippen LogP contribution in [-0.4, -0.2) is 5.97 Å². The molecule has 0 fully saturated rings. The lowest BCUT2D eigenvalue weighted by molar-refractivity contribution is -0.146. The molecule has 1 unspecified atom stereocenters. The quantitative estimate of drug-likeness (QED) is 0.0736. The third kappa shape index (κ3) is 17.0. The number of rotatable bonds is 25. The van der Waals surface area contributed by atoms with E-state index in [1.807, 2.05) is 12.1 Å². The predicted octanol–water partition coefficient (Wildman–Crippen LogP) is 11.8. The highest BCUT2D eigenvalue weighted by Crippen LogP contribution is 2.34. The molecule has 2 heteroatoms. The number of hydrogen-bond donors (Lipinski definition) is 0. The van der Waals surface area contributed by atoms with Crippen molar-refractivity contribution in [1.82, 2.24) is 0 Å². The minimum absolute atomic E-state index is 0.0207. The molecule has 0 aliphatic rings. The largest absolute Gasteiger partial charge is 0.426 e. The van der Waals surface area contributed by atoms with Crippen LogP contribution >= 0.6 is 0 Å². The van der Waals surface area contributed by atoms with Crippen LogP contribution < -0.4 is 4.74 Å². The second-order valence-electron chi connectivity index (χ2n) is 11.9. The van der Waals surface area contributed by atoms with Crippen molar-refractivity contribution in [3.8, 4) is 5.75 Å². The molecular weight excluding hydrogens is 452 g/mol. The summed E-state index contributed by atoms with van der Waals surface area (Å²) in [7, 11) is 0. The van der Waals surface area contributed by atoms with Gasteiger partial charge >= 0.3 is 5.97 Å². The number of aryl methyl sites for hydroxylation is 1. The van der Waals surface area contributed by atoms with E-state index in [4.69, 9.17) is 4.74 Å². The Morgan fingerprint density at radius 3 is 1.35 bits per heavy atom. The molecule has 37 heavy (non-hydrogen) atoms. The molecule has 0 bridgehead atoms. The highest BCUT2D eigenvalue weighted by Gasteiger charge is 2.34. The Morgan fingerprint density at radius 2 is 0.946 bits per heavy atom. The van der Waals surface area contributed by atoms with Crippen molar-refractivity contribution in [3.05, 3.63) is 29.8 Å². The summed E-state index contributed by atoms with van der Waals surface area (Å²) in [4.78, 5) is 13.4. The molecule has 0 spiro atoms. The summed E-state index contributed by atoms with van der Waals surface area (Å²) in [5.74, 6) is 0.683. The van der Waals surface area contributed by atoms with Crippen molar-refractivity contribution >= 4 is 5.97 Å². The third-order valence-electron chi connectivity index (χ3n) is 8.11. The molecule has 0 aromatic heterocycles. The predicted molar refractivity (Wildman–Crippen MR) is 162 cm³/mol. The lowest BCUT2D eigenvalue weighted by Gasteiger charge is -2.27. The Bertz CT molecular complexity index is 650. The van der Waals surface area contributed by atoms with Gasteiger partial charge in [0.1, 0.15) is 5.75 Å². The van der Waals surface area contributed by atoms with Crippen LogP contribution in [0.1, 0.15) is 175 Å². The highest BCUT2D eigenvalue weighted by atomic mass is 16.5. The molecule has 0 aliphatic carbocycles. The van der Waals surface area contributed by atoms with Crippen LogP contribution in [0.5, 0.6) is 5.75 Å². The van der Waals surface area contributed by atoms with Crippen molar-refractivity contribution in [3.63, 3.8) is 0 Å². The summed E-state index contributed by atoms with van der Waals surface area (Å²) in [5, 5.41) is 0. The van der Waals surface area contributed by atoms with Crippen LogP contribution in [0, 0.1) is 5.41 Å². The zero-order valence-electron chi connectivity index (χ0n) is 25.4. The smallest absolute Gasteiger partial charge is 0.317 e. The lowest BCUT2D eigenvalue weighted by atomic mass is 9.79. The van der Waals surface area contributed by atoms with Crippen molar-refractivity contribution in [2.24, 2.45) is 5.41 Å². The van der Waals surface area contributed by atoms with Crippen LogP contribution in [0.4, 0.5) is 0 Å². The lowest BCUT2D eigenvalue weighted by Crippen LogP contribution is -2.32. The average molecular weight is 515 g/mol. The van der Waals surface area contributed by atoms with E-state index in [1.54, 1.807) is 0 Å². The summed E-state index contributed by atoms with van der Waals surface area (Å²) < 4.78 is 5.96. The molecule has 1 aromatic carbocycles. The second kappa shape index (κ2) is 22.7. The molecule has 0 amide bonds. The van der Waals surface area contributed by atoms with Gasteiger partial charge in [-0.25, -0.2) is 0 Å². The van der Waals surface area contributed by atoms with Gasteiger partial charge < -0.3 is 4.74 Å². The number of ether oxygens (including phenoxy) is 1. The third-order valence-corrected chi connectivity index (χ3v) is 8.11. The van der Waals surface area contributed by atoms with Crippen molar-refractivity contribution in [2.45, 2.75) is 175 Å². The van der Waals surface area contributed by atoms with Gasteiger partial charge in [0, 0.05) is 0 Å². The van der Waals surface area contributed by atoms with E-state index in [2.05, 4.69) is 39.8 Å². The molecule has 214 valence electrons. The van der Waals surface area contributed by atoms with Gasteiger partial charge in [0.25, 0.3) is 0 Å². The van der Waals surface area contributed by atoms with Crippen molar-refractivity contribution in [2.75, 3.05) is 0 Å². The van der Waals surface area contributed by atoms with Gasteiger partial charge in [-0.1, -0.05) is 155 Å². The van der Waals surface area contributed by atoms with Crippen molar-refractivity contribution in [1.29, 1.82) is 0 Å². The minimum Gasteiger partial charge on any atom is -0.426 e. The maximum absolute atomic E-state index is 13.4. The molecule has 1 rings (SSSR count). The summed E-state index contributed by atoms with van der Waals surface area (Å²) in [5.41, 5.74) is 0.956. The van der Waals surface area contributed by atoms with Crippen molar-refractivity contribution < 1.29 is 9.53 Å². The average Bonchev–Trinajstić information content (AvgIpc) is 2.91. The maximum atomic E-state index is 13.4. The summed E-state index contributed by atoms with van der Waals surface area (Å²) in [6, 6.07) is 8.22. The minimum atomic E-state index is -0.372. The number of carbonyl (C=O) groups is 1. The molecule has 1 atom stereocenters. The highest BCUT2D eigenvalue weighted by molar-refractivity contribution is 5.78. The molecule has 0 saturated heterocycles. The summed E-state index contributed by atoms with van der Waals surface area (Å²) in [6.07, 6.45) is 29.1. The Balaban J connectivity index is 2.49. The molecule has 0 radical (unpaired) electrons. The van der Waals surface area contributed by atoms with Gasteiger partial charge in [-0.2, -0.15) is 0 Å². The van der Waals surface area contributed by atoms with Crippen LogP contribution in [0.2, 0.25) is 0 Å². The van der Waals surface area contributed by atoms with E-state index in [1.165, 1.54) is 121 Å². The van der Waals surface area contributed by atoms with Gasteiger partial charge in [0.2, 0.25) is 0 Å². The van der Waals surface area contributed by atoms with E-state index in [9.17, 15) is 4.79 Å². The fraction of sp³-hybridized carbons (Fsp3) is 0.800. The van der Waals surface area contributed by atoms with Crippen LogP contribution in [0.15, 0.2) is 24.3 Å². The fourth-order valence-electron chi connectivity index (χ4n) is 5.32. The van der Waals surface area contributed by atoms with Gasteiger partial charge in [-0.15, -0.1) is 0 Å². The Morgan fingerprint density at radius 1 is 0.568 bits per heavy atom. The zero-order chi connectivity index (χ0) is 27.0. The maximum Gasteiger partial charge on any atom is 0.317 e. The first-order valence-corrected chi connectivity index (χ1v) is 16.4. The van der Waals surface area contributed by atoms with Crippen LogP contribution in [-0.2, 0) is 11.2 Å². The molecular formula is C35H62O2. The number of esters is 1. The first kappa shape index (κ1) is 33.7. The Labute approximate surface area is 231 Å². The second-order valence-corrected chi connectivity index (χ2v) is 11.9. The number of hydrogen-bond acceptors (Lipinski definition) is 2. The topological polar surface area (TPSA) is 26.3 Å². The normalized spacial score (nSPS) is 13.0. The summed E-state index contributed by atoms with van der Waals surface area (Å²) in [6.45, 7) is 8.94. The zero-order valence-corrected chi connectivity index (χ0v) is 25.4. The van der Waals surface area contributed by atoms with E-state index < -0.39 is 0 Å². The van der Waals surface area contributed by atoms with E-state index >= 15 is 0 Å². The molecule has 0 aliphatic heterocycles. The number of unbranched alkanes of at least 4 members (excludes halogenated alkanes) is 17. The molecule has 2 nitrogen and oxygen atoms in total. The number of carbonyl (C=O) groups excluding carboxylic acids is 1. The van der Waals surface area contributed by atoms with Gasteiger partial charge in [0.15, 0.2) is 0 Å². The summed E-state index contributed by atoms with van der Waals surface area (Å²) >= 11 is 0. The van der Waals surface area contributed by atoms with Crippen LogP contribution in [0.3, 0.4) is 0 Å². The van der Waals surface area contributed by atoms with Gasteiger partial charge in [0.05, 0.1) is 5.41 Å². The monoisotopic (exact) mass is 514 g/mol. The van der Waals surface area contributed by atoms with Gasteiger partial charge in [-0.3, -0.25) is 4.79 Å². The van der Waals surface area contributed by atoms with Crippen LogP contribution in [0.25, 0.3) is 0 Å². The van der Waals surface area contributed by atoms with E-state index in [0.29, 0.717) is 5.75 Å². The molecule has 0 heterocycles. The number of benzene rings is 1. The first-order valence-electron chi connectivity index (χ1n) is 16.4. The standard InChI is InChI=1S/C35H62O2/c1-5-8-11-13-15-17-18-20-22-24-31-35(4,30-23-21-19-16-14-12-9-6-2)34(36)37-33-28-26-32(27-29-33)25-10-7-3/h26-29H,5-25,30-31H2,1-4H3. The van der Waals surface area contributed by atoms with Gasteiger partial charge in [-0.05, 0) is 50.3 Å². The molecule has 1 aromatic rings. The Kier molecular flexibility index (Phi) is 20.6. The van der Waals surface area contributed by atoms with E-state index in [-0.39, 0.29) is 11.4 Å². The SMILES string of the molecule is CCCCCCCCCCCCC(C)(CCCCCCCCCC)C(=O)Oc1ccc(CCCC)cc1. The molecule has 0 N–H and O–H groups in total. The fourth-order valence-corrected chi connectivity index (χ4v) is 5.32. The molecule has 0 saturated carbocycles. The first-order chi connectivity index (χ1) is 18.1. The Hall–Kier alpha value is -1.31. The van der Waals surface area contributed by atoms with E-state index in [0.717, 1.165) is 32.1 Å².